The standard InChI is InChI=1S/C15H20N2O3S/c1-3-21-9-8-11(2)17-15(20)13-6-4-12(10-16-13)5-7-14(18)19/h4-7,10-11H,3,8-9H2,1-2H3,(H,17,20)(H,18,19)/b7-5+. The molecule has 2 N–H and O–H groups in total. The molecule has 6 heteroatoms. The van der Waals surface area contributed by atoms with Gasteiger partial charge in [0.1, 0.15) is 5.69 Å². The monoisotopic (exact) mass is 308 g/mol. The Bertz CT molecular complexity index is 500. The maximum Gasteiger partial charge on any atom is 0.328 e. The van der Waals surface area contributed by atoms with Gasteiger partial charge in [-0.1, -0.05) is 13.0 Å². The highest BCUT2D eigenvalue weighted by Crippen LogP contribution is 2.06. The van der Waals surface area contributed by atoms with Crippen molar-refractivity contribution in [2.75, 3.05) is 11.5 Å². The molecule has 0 aromatic carbocycles. The van der Waals surface area contributed by atoms with Crippen molar-refractivity contribution in [3.63, 3.8) is 0 Å². The molecule has 0 saturated heterocycles. The zero-order valence-corrected chi connectivity index (χ0v) is 13.0. The van der Waals surface area contributed by atoms with Crippen LogP contribution in [0.5, 0.6) is 0 Å². The van der Waals surface area contributed by atoms with E-state index in [-0.39, 0.29) is 11.9 Å². The number of hydrogen-bond donors (Lipinski definition) is 2. The molecule has 1 unspecified atom stereocenters. The Labute approximate surface area is 128 Å². The van der Waals surface area contributed by atoms with Gasteiger partial charge in [0.05, 0.1) is 0 Å². The Kier molecular flexibility index (Phi) is 7.53. The van der Waals surface area contributed by atoms with Gasteiger partial charge in [-0.2, -0.15) is 11.8 Å². The fourth-order valence-electron chi connectivity index (χ4n) is 1.58. The first-order valence-electron chi connectivity index (χ1n) is 6.78. The molecule has 1 heterocycles. The van der Waals surface area contributed by atoms with Crippen LogP contribution in [0.3, 0.4) is 0 Å². The van der Waals surface area contributed by atoms with E-state index in [1.165, 1.54) is 12.3 Å². The number of thioether (sulfide) groups is 1. The summed E-state index contributed by atoms with van der Waals surface area (Å²) in [6, 6.07) is 3.36. The number of carboxylic acid groups (broad SMARTS) is 1. The van der Waals surface area contributed by atoms with Gasteiger partial charge in [-0.3, -0.25) is 9.78 Å². The number of nitrogens with one attached hydrogen (secondary N) is 1. The molecule has 5 nitrogen and oxygen atoms in total. The molecule has 0 saturated carbocycles. The molecular formula is C15H20N2O3S. The summed E-state index contributed by atoms with van der Waals surface area (Å²) in [5.41, 5.74) is 0.971. The van der Waals surface area contributed by atoms with Crippen LogP contribution in [0.15, 0.2) is 24.4 Å². The van der Waals surface area contributed by atoms with E-state index in [2.05, 4.69) is 17.2 Å². The van der Waals surface area contributed by atoms with Gasteiger partial charge >= 0.3 is 5.97 Å². The fourth-order valence-corrected chi connectivity index (χ4v) is 2.39. The predicted molar refractivity (Wildman–Crippen MR) is 85.5 cm³/mol. The molecular weight excluding hydrogens is 288 g/mol. The molecule has 21 heavy (non-hydrogen) atoms. The number of carbonyl (C=O) groups is 2. The van der Waals surface area contributed by atoms with Gasteiger partial charge in [0.15, 0.2) is 0 Å². The second kappa shape index (κ2) is 9.18. The number of nitrogens with zero attached hydrogens (tertiary/aromatic N) is 1. The van der Waals surface area contributed by atoms with E-state index in [0.29, 0.717) is 11.3 Å². The van der Waals surface area contributed by atoms with Gasteiger partial charge in [0, 0.05) is 18.3 Å². The summed E-state index contributed by atoms with van der Waals surface area (Å²) in [5.74, 6) is 0.867. The lowest BCUT2D eigenvalue weighted by Gasteiger charge is -2.13. The van der Waals surface area contributed by atoms with Gasteiger partial charge in [-0.05, 0) is 42.6 Å². The second-order valence-electron chi connectivity index (χ2n) is 4.51. The van der Waals surface area contributed by atoms with Crippen molar-refractivity contribution in [2.45, 2.75) is 26.3 Å². The van der Waals surface area contributed by atoms with Gasteiger partial charge in [-0.25, -0.2) is 4.79 Å². The molecule has 0 spiro atoms. The van der Waals surface area contributed by atoms with Crippen LogP contribution >= 0.6 is 11.8 Å². The number of aromatic nitrogens is 1. The maximum atomic E-state index is 12.0. The van der Waals surface area contributed by atoms with Gasteiger partial charge in [-0.15, -0.1) is 0 Å². The first-order chi connectivity index (χ1) is 10.0. The lowest BCUT2D eigenvalue weighted by atomic mass is 10.2. The molecule has 0 bridgehead atoms. The minimum atomic E-state index is -1.02. The quantitative estimate of drug-likeness (QED) is 0.569. The van der Waals surface area contributed by atoms with Crippen molar-refractivity contribution in [1.82, 2.24) is 10.3 Å². The topological polar surface area (TPSA) is 79.3 Å². The summed E-state index contributed by atoms with van der Waals surface area (Å²) < 4.78 is 0. The summed E-state index contributed by atoms with van der Waals surface area (Å²) in [5, 5.41) is 11.4. The highest BCUT2D eigenvalue weighted by Gasteiger charge is 2.10. The minimum absolute atomic E-state index is 0.102. The molecule has 0 aliphatic rings. The summed E-state index contributed by atoms with van der Waals surface area (Å²) >= 11 is 1.85. The third-order valence-corrected chi connectivity index (χ3v) is 3.65. The van der Waals surface area contributed by atoms with Crippen LogP contribution in [0.2, 0.25) is 0 Å². The first kappa shape index (κ1) is 17.2. The van der Waals surface area contributed by atoms with Crippen molar-refractivity contribution in [3.8, 4) is 0 Å². The van der Waals surface area contributed by atoms with Crippen LogP contribution in [-0.2, 0) is 4.79 Å². The van der Waals surface area contributed by atoms with E-state index in [9.17, 15) is 9.59 Å². The third-order valence-electron chi connectivity index (χ3n) is 2.71. The normalized spacial score (nSPS) is 12.3. The van der Waals surface area contributed by atoms with E-state index in [1.54, 1.807) is 12.1 Å². The summed E-state index contributed by atoms with van der Waals surface area (Å²) in [6.45, 7) is 4.08. The van der Waals surface area contributed by atoms with Crippen molar-refractivity contribution < 1.29 is 14.7 Å². The predicted octanol–water partition coefficient (Wildman–Crippen LogP) is 2.44. The second-order valence-corrected chi connectivity index (χ2v) is 5.90. The molecule has 0 aliphatic heterocycles. The Hall–Kier alpha value is -1.82. The van der Waals surface area contributed by atoms with Crippen molar-refractivity contribution in [2.24, 2.45) is 0 Å². The molecule has 1 aromatic heterocycles. The van der Waals surface area contributed by atoms with Crippen LogP contribution in [0.1, 0.15) is 36.3 Å². The highest BCUT2D eigenvalue weighted by atomic mass is 32.2. The lowest BCUT2D eigenvalue weighted by Crippen LogP contribution is -2.33. The number of aliphatic carboxylic acids is 1. The minimum Gasteiger partial charge on any atom is -0.478 e. The SMILES string of the molecule is CCSCCC(C)NC(=O)c1ccc(/C=C/C(=O)O)cn1. The van der Waals surface area contributed by atoms with Crippen LogP contribution in [0, 0.1) is 0 Å². The van der Waals surface area contributed by atoms with Crippen molar-refractivity contribution in [3.05, 3.63) is 35.7 Å². The molecule has 0 radical (unpaired) electrons. The Morgan fingerprint density at radius 1 is 1.48 bits per heavy atom. The number of carbonyl (C=O) groups excluding carboxylic acids is 1. The molecule has 1 aromatic rings. The largest absolute Gasteiger partial charge is 0.478 e. The molecule has 1 amide bonds. The fraction of sp³-hybridized carbons (Fsp3) is 0.400. The van der Waals surface area contributed by atoms with Gasteiger partial charge in [0.25, 0.3) is 5.91 Å². The number of rotatable bonds is 8. The van der Waals surface area contributed by atoms with Crippen molar-refractivity contribution in [1.29, 1.82) is 0 Å². The van der Waals surface area contributed by atoms with E-state index in [4.69, 9.17) is 5.11 Å². The molecule has 114 valence electrons. The lowest BCUT2D eigenvalue weighted by molar-refractivity contribution is -0.131. The van der Waals surface area contributed by atoms with Gasteiger partial charge < -0.3 is 10.4 Å². The zero-order chi connectivity index (χ0) is 15.7. The maximum absolute atomic E-state index is 12.0. The Morgan fingerprint density at radius 3 is 2.81 bits per heavy atom. The highest BCUT2D eigenvalue weighted by molar-refractivity contribution is 7.99. The van der Waals surface area contributed by atoms with Crippen LogP contribution in [-0.4, -0.2) is 39.5 Å². The van der Waals surface area contributed by atoms with Crippen LogP contribution in [0.4, 0.5) is 0 Å². The molecule has 0 aliphatic carbocycles. The Morgan fingerprint density at radius 2 is 2.24 bits per heavy atom. The van der Waals surface area contributed by atoms with Crippen LogP contribution < -0.4 is 5.32 Å². The van der Waals surface area contributed by atoms with E-state index in [1.807, 2.05) is 18.7 Å². The van der Waals surface area contributed by atoms with E-state index < -0.39 is 5.97 Å². The summed E-state index contributed by atoms with van der Waals surface area (Å²) in [7, 11) is 0. The number of carboxylic acids is 1. The number of amides is 1. The molecule has 1 atom stereocenters. The van der Waals surface area contributed by atoms with Crippen molar-refractivity contribution >= 4 is 29.7 Å². The Balaban J connectivity index is 2.53. The average Bonchev–Trinajstić information content (AvgIpc) is 2.45. The third kappa shape index (κ3) is 6.94. The zero-order valence-electron chi connectivity index (χ0n) is 12.2. The number of pyridine rings is 1. The summed E-state index contributed by atoms with van der Waals surface area (Å²) in [6.07, 6.45) is 4.86. The average molecular weight is 308 g/mol. The molecule has 0 fully saturated rings. The van der Waals surface area contributed by atoms with Gasteiger partial charge in [0.2, 0.25) is 0 Å². The number of hydrogen-bond acceptors (Lipinski definition) is 4. The molecule has 1 rings (SSSR count). The first-order valence-corrected chi connectivity index (χ1v) is 7.94. The van der Waals surface area contributed by atoms with E-state index in [0.717, 1.165) is 24.0 Å². The van der Waals surface area contributed by atoms with Crippen LogP contribution in [0.25, 0.3) is 6.08 Å². The summed E-state index contributed by atoms with van der Waals surface area (Å²) in [4.78, 5) is 26.4. The smallest absolute Gasteiger partial charge is 0.328 e. The van der Waals surface area contributed by atoms with E-state index >= 15 is 0 Å².